The number of benzene rings is 1. The summed E-state index contributed by atoms with van der Waals surface area (Å²) in [5.41, 5.74) is 0.653. The number of amides is 1. The summed E-state index contributed by atoms with van der Waals surface area (Å²) in [6.07, 6.45) is 0.688. The Bertz CT molecular complexity index is 554. The summed E-state index contributed by atoms with van der Waals surface area (Å²) in [7, 11) is 5.86. The Morgan fingerprint density at radius 2 is 1.96 bits per heavy atom. The number of ether oxygens (including phenoxy) is 1. The van der Waals surface area contributed by atoms with Crippen molar-refractivity contribution in [3.05, 3.63) is 29.8 Å². The highest BCUT2D eigenvalue weighted by molar-refractivity contribution is 5.82. The molecule has 23 heavy (non-hydrogen) atoms. The lowest BCUT2D eigenvalue weighted by atomic mass is 9.84. The van der Waals surface area contributed by atoms with Crippen LogP contribution in [-0.4, -0.2) is 56.0 Å². The number of likely N-dealkylation sites (N-methyl/N-ethyl adjacent to an activating group) is 1. The molecule has 1 aliphatic heterocycles. The normalized spacial score (nSPS) is 21.8. The zero-order chi connectivity index (χ0) is 17.2. The Hall–Kier alpha value is -1.55. The second-order valence-corrected chi connectivity index (χ2v) is 7.59. The second-order valence-electron chi connectivity index (χ2n) is 7.59. The monoisotopic (exact) mass is 318 g/mol. The minimum Gasteiger partial charge on any atom is -0.496 e. The molecule has 0 spiro atoms. The van der Waals surface area contributed by atoms with Gasteiger partial charge in [0.2, 0.25) is 5.91 Å². The largest absolute Gasteiger partial charge is 0.496 e. The fourth-order valence-corrected chi connectivity index (χ4v) is 3.62. The van der Waals surface area contributed by atoms with E-state index in [0.29, 0.717) is 18.4 Å². The van der Waals surface area contributed by atoms with Gasteiger partial charge in [-0.05, 0) is 38.1 Å². The van der Waals surface area contributed by atoms with Crippen LogP contribution in [0.15, 0.2) is 24.3 Å². The number of hydrogen-bond acceptors (Lipinski definition) is 3. The maximum atomic E-state index is 13.1. The molecule has 4 heteroatoms. The first-order valence-corrected chi connectivity index (χ1v) is 8.34. The van der Waals surface area contributed by atoms with Crippen molar-refractivity contribution in [2.45, 2.75) is 33.2 Å². The van der Waals surface area contributed by atoms with Crippen LogP contribution in [0.25, 0.3) is 0 Å². The summed E-state index contributed by atoms with van der Waals surface area (Å²) in [6, 6.07) is 8.40. The molecule has 1 aliphatic rings. The lowest BCUT2D eigenvalue weighted by Gasteiger charge is -2.30. The Kier molecular flexibility index (Phi) is 5.35. The first-order valence-electron chi connectivity index (χ1n) is 8.34. The first kappa shape index (κ1) is 17.8. The van der Waals surface area contributed by atoms with E-state index in [0.717, 1.165) is 24.4 Å². The van der Waals surface area contributed by atoms with E-state index in [1.807, 2.05) is 43.0 Å². The zero-order valence-electron chi connectivity index (χ0n) is 15.3. The number of carbonyl (C=O) groups is 1. The lowest BCUT2D eigenvalue weighted by molar-refractivity contribution is -0.139. The van der Waals surface area contributed by atoms with E-state index in [1.165, 1.54) is 0 Å². The molecule has 128 valence electrons. The molecule has 0 saturated carbocycles. The van der Waals surface area contributed by atoms with Gasteiger partial charge in [0, 0.05) is 24.5 Å². The summed E-state index contributed by atoms with van der Waals surface area (Å²) in [5.74, 6) is 1.60. The molecule has 0 aromatic heterocycles. The van der Waals surface area contributed by atoms with Crippen molar-refractivity contribution in [2.24, 2.45) is 11.3 Å². The molecule has 0 N–H and O–H groups in total. The highest BCUT2D eigenvalue weighted by Gasteiger charge is 2.39. The van der Waals surface area contributed by atoms with Crippen LogP contribution in [-0.2, 0) is 11.2 Å². The van der Waals surface area contributed by atoms with Crippen LogP contribution in [0, 0.1) is 11.3 Å². The van der Waals surface area contributed by atoms with Crippen molar-refractivity contribution < 1.29 is 9.53 Å². The predicted octanol–water partition coefficient (Wildman–Crippen LogP) is 2.67. The summed E-state index contributed by atoms with van der Waals surface area (Å²) in [5, 5.41) is 0. The van der Waals surface area contributed by atoms with Gasteiger partial charge in [-0.3, -0.25) is 4.79 Å². The Morgan fingerprint density at radius 1 is 1.30 bits per heavy atom. The molecule has 2 rings (SSSR count). The molecule has 0 radical (unpaired) electrons. The second kappa shape index (κ2) is 6.91. The number of methoxy groups -OCH3 is 1. The van der Waals surface area contributed by atoms with Gasteiger partial charge in [0.1, 0.15) is 5.75 Å². The molecule has 0 unspecified atom stereocenters. The minimum absolute atomic E-state index is 0.236. The van der Waals surface area contributed by atoms with E-state index < -0.39 is 5.41 Å². The number of likely N-dealkylation sites (tertiary alicyclic amines) is 1. The lowest BCUT2D eigenvalue weighted by Crippen LogP contribution is -2.42. The van der Waals surface area contributed by atoms with Crippen molar-refractivity contribution in [3.63, 3.8) is 0 Å². The third kappa shape index (κ3) is 3.86. The van der Waals surface area contributed by atoms with Crippen LogP contribution in [0.4, 0.5) is 0 Å². The maximum absolute atomic E-state index is 13.1. The van der Waals surface area contributed by atoms with E-state index >= 15 is 0 Å². The molecule has 0 aliphatic carbocycles. The van der Waals surface area contributed by atoms with Crippen molar-refractivity contribution in [3.8, 4) is 5.75 Å². The van der Waals surface area contributed by atoms with Gasteiger partial charge >= 0.3 is 0 Å². The molecule has 2 atom stereocenters. The average Bonchev–Trinajstić information content (AvgIpc) is 2.88. The van der Waals surface area contributed by atoms with Crippen LogP contribution >= 0.6 is 0 Å². The van der Waals surface area contributed by atoms with Gasteiger partial charge in [0.05, 0.1) is 7.11 Å². The van der Waals surface area contributed by atoms with Gasteiger partial charge in [-0.25, -0.2) is 0 Å². The minimum atomic E-state index is -0.435. The van der Waals surface area contributed by atoms with Gasteiger partial charge in [-0.15, -0.1) is 0 Å². The number of nitrogens with zero attached hydrogens (tertiary/aromatic N) is 2. The maximum Gasteiger partial charge on any atom is 0.228 e. The fourth-order valence-electron chi connectivity index (χ4n) is 3.62. The predicted molar refractivity (Wildman–Crippen MR) is 93.7 cm³/mol. The standard InChI is InChI=1S/C19H30N2O2/c1-14-12-21(13-16(14)20(4)5)18(22)19(2,3)11-15-9-7-8-10-17(15)23-6/h7-10,14,16H,11-13H2,1-6H3/t14-,16+/m0/s1. The van der Waals surface area contributed by atoms with Crippen molar-refractivity contribution in [2.75, 3.05) is 34.3 Å². The zero-order valence-corrected chi connectivity index (χ0v) is 15.3. The van der Waals surface area contributed by atoms with Crippen molar-refractivity contribution >= 4 is 5.91 Å². The van der Waals surface area contributed by atoms with Crippen LogP contribution in [0.2, 0.25) is 0 Å². The Labute approximate surface area is 140 Å². The molecule has 1 fully saturated rings. The molecule has 4 nitrogen and oxygen atoms in total. The molecular weight excluding hydrogens is 288 g/mol. The van der Waals surface area contributed by atoms with Gasteiger partial charge in [0.25, 0.3) is 0 Å². The summed E-state index contributed by atoms with van der Waals surface area (Å²) in [6.45, 7) is 7.97. The van der Waals surface area contributed by atoms with Crippen molar-refractivity contribution in [1.29, 1.82) is 0 Å². The van der Waals surface area contributed by atoms with Gasteiger partial charge in [-0.2, -0.15) is 0 Å². The Balaban J connectivity index is 2.12. The van der Waals surface area contributed by atoms with Crippen LogP contribution < -0.4 is 4.74 Å². The molecule has 1 aromatic carbocycles. The summed E-state index contributed by atoms with van der Waals surface area (Å²) < 4.78 is 5.43. The highest BCUT2D eigenvalue weighted by atomic mass is 16.5. The topological polar surface area (TPSA) is 32.8 Å². The molecule has 1 amide bonds. The van der Waals surface area contributed by atoms with Gasteiger partial charge in [0.15, 0.2) is 0 Å². The number of para-hydroxylation sites is 1. The molecule has 0 bridgehead atoms. The molecular formula is C19H30N2O2. The average molecular weight is 318 g/mol. The van der Waals surface area contributed by atoms with Crippen LogP contribution in [0.5, 0.6) is 5.75 Å². The van der Waals surface area contributed by atoms with E-state index in [2.05, 4.69) is 25.9 Å². The van der Waals surface area contributed by atoms with E-state index in [9.17, 15) is 4.79 Å². The van der Waals surface area contributed by atoms with Crippen LogP contribution in [0.3, 0.4) is 0 Å². The van der Waals surface area contributed by atoms with E-state index in [-0.39, 0.29) is 5.91 Å². The SMILES string of the molecule is COc1ccccc1CC(C)(C)C(=O)N1C[C@@H](N(C)C)[C@@H](C)C1. The summed E-state index contributed by atoms with van der Waals surface area (Å²) in [4.78, 5) is 17.3. The summed E-state index contributed by atoms with van der Waals surface area (Å²) >= 11 is 0. The van der Waals surface area contributed by atoms with Gasteiger partial charge in [-0.1, -0.05) is 39.0 Å². The number of rotatable bonds is 5. The smallest absolute Gasteiger partial charge is 0.228 e. The fraction of sp³-hybridized carbons (Fsp3) is 0.632. The number of carbonyl (C=O) groups excluding carboxylic acids is 1. The first-order chi connectivity index (χ1) is 10.8. The van der Waals surface area contributed by atoms with Gasteiger partial charge < -0.3 is 14.5 Å². The van der Waals surface area contributed by atoms with E-state index in [1.54, 1.807) is 7.11 Å². The Morgan fingerprint density at radius 3 is 2.52 bits per heavy atom. The number of hydrogen-bond donors (Lipinski definition) is 0. The molecule has 1 aromatic rings. The third-order valence-electron chi connectivity index (χ3n) is 4.93. The van der Waals surface area contributed by atoms with Crippen molar-refractivity contribution in [1.82, 2.24) is 9.80 Å². The van der Waals surface area contributed by atoms with E-state index in [4.69, 9.17) is 4.74 Å². The third-order valence-corrected chi connectivity index (χ3v) is 4.93. The molecule has 1 saturated heterocycles. The molecule has 1 heterocycles. The highest BCUT2D eigenvalue weighted by Crippen LogP contribution is 2.32. The quantitative estimate of drug-likeness (QED) is 0.837. The van der Waals surface area contributed by atoms with Crippen LogP contribution in [0.1, 0.15) is 26.3 Å².